The van der Waals surface area contributed by atoms with Gasteiger partial charge in [0.05, 0.1) is 0 Å². The van der Waals surface area contributed by atoms with Crippen molar-refractivity contribution in [3.05, 3.63) is 42.0 Å². The van der Waals surface area contributed by atoms with Crippen molar-refractivity contribution >= 4 is 38.7 Å². The molecule has 6 heteroatoms. The number of benzene rings is 1. The maximum absolute atomic E-state index is 5.31. The lowest BCUT2D eigenvalue weighted by molar-refractivity contribution is 1.14. The van der Waals surface area contributed by atoms with E-state index in [4.69, 9.17) is 5.84 Å². The van der Waals surface area contributed by atoms with E-state index in [2.05, 4.69) is 44.3 Å². The van der Waals surface area contributed by atoms with Crippen molar-refractivity contribution in [1.82, 2.24) is 9.97 Å². The fourth-order valence-corrected chi connectivity index (χ4v) is 2.47. The smallest absolute Gasteiger partial charge is 0.145 e. The third-order valence-corrected chi connectivity index (χ3v) is 3.44. The first kappa shape index (κ1) is 10.9. The molecule has 0 bridgehead atoms. The number of hydrogen-bond donors (Lipinski definition) is 3. The molecule has 3 aromatic rings. The van der Waals surface area contributed by atoms with Gasteiger partial charge in [-0.15, -0.1) is 11.3 Å². The summed E-state index contributed by atoms with van der Waals surface area (Å²) in [7, 11) is 0. The molecule has 0 amide bonds. The molecule has 0 fully saturated rings. The van der Waals surface area contributed by atoms with E-state index in [1.165, 1.54) is 16.4 Å². The average Bonchev–Trinajstić information content (AvgIpc) is 2.86. The number of fused-ring (bicyclic) bond motifs is 1. The second-order valence-corrected chi connectivity index (χ2v) is 4.68. The Morgan fingerprint density at radius 2 is 1.94 bits per heavy atom. The molecule has 0 saturated heterocycles. The normalized spacial score (nSPS) is 10.5. The molecule has 0 aliphatic rings. The Bertz CT molecular complexity index is 679. The minimum atomic E-state index is 0.573. The molecular formula is C12H11N5S. The van der Waals surface area contributed by atoms with Crippen LogP contribution in [0.1, 0.15) is 0 Å². The number of nitrogens with two attached hydrogens (primary N) is 1. The molecule has 2 aromatic heterocycles. The summed E-state index contributed by atoms with van der Waals surface area (Å²) in [6.07, 6.45) is 1.46. The highest BCUT2D eigenvalue weighted by Gasteiger charge is 2.00. The zero-order chi connectivity index (χ0) is 12.4. The molecule has 0 radical (unpaired) electrons. The number of nitrogens with zero attached hydrogens (tertiary/aromatic N) is 2. The fourth-order valence-electron chi connectivity index (χ4n) is 1.70. The molecule has 4 N–H and O–H groups in total. The predicted molar refractivity (Wildman–Crippen MR) is 74.9 cm³/mol. The lowest BCUT2D eigenvalue weighted by atomic mass is 10.2. The van der Waals surface area contributed by atoms with Gasteiger partial charge in [0.25, 0.3) is 0 Å². The van der Waals surface area contributed by atoms with Crippen LogP contribution in [0.15, 0.2) is 42.0 Å². The van der Waals surface area contributed by atoms with Crippen LogP contribution in [-0.2, 0) is 0 Å². The van der Waals surface area contributed by atoms with Gasteiger partial charge < -0.3 is 10.7 Å². The van der Waals surface area contributed by atoms with Gasteiger partial charge in [0.15, 0.2) is 0 Å². The molecule has 0 atom stereocenters. The van der Waals surface area contributed by atoms with Crippen LogP contribution >= 0.6 is 11.3 Å². The van der Waals surface area contributed by atoms with Crippen molar-refractivity contribution in [2.75, 3.05) is 10.7 Å². The quantitative estimate of drug-likeness (QED) is 0.497. The molecule has 18 heavy (non-hydrogen) atoms. The fraction of sp³-hybridized carbons (Fsp3) is 0. The van der Waals surface area contributed by atoms with Crippen molar-refractivity contribution in [2.24, 2.45) is 5.84 Å². The van der Waals surface area contributed by atoms with Gasteiger partial charge in [-0.2, -0.15) is 0 Å². The molecule has 0 aliphatic heterocycles. The number of hydrazine groups is 1. The largest absolute Gasteiger partial charge is 0.340 e. The number of hydrogen-bond acceptors (Lipinski definition) is 6. The van der Waals surface area contributed by atoms with Crippen LogP contribution in [-0.4, -0.2) is 9.97 Å². The van der Waals surface area contributed by atoms with Crippen molar-refractivity contribution in [1.29, 1.82) is 0 Å². The molecule has 0 aliphatic carbocycles. The Morgan fingerprint density at radius 3 is 2.83 bits per heavy atom. The van der Waals surface area contributed by atoms with Crippen molar-refractivity contribution in [2.45, 2.75) is 0 Å². The SMILES string of the molecule is NNc1cc(Nc2ccc3sccc3c2)ncn1. The minimum Gasteiger partial charge on any atom is -0.340 e. The number of anilines is 3. The van der Waals surface area contributed by atoms with Crippen molar-refractivity contribution in [3.8, 4) is 0 Å². The van der Waals surface area contributed by atoms with Crippen LogP contribution in [0.5, 0.6) is 0 Å². The van der Waals surface area contributed by atoms with Gasteiger partial charge in [0.2, 0.25) is 0 Å². The lowest BCUT2D eigenvalue weighted by Gasteiger charge is -2.06. The molecule has 0 spiro atoms. The van der Waals surface area contributed by atoms with Crippen LogP contribution in [0.3, 0.4) is 0 Å². The van der Waals surface area contributed by atoms with Crippen molar-refractivity contribution < 1.29 is 0 Å². The van der Waals surface area contributed by atoms with Gasteiger partial charge in [-0.05, 0) is 35.0 Å². The third kappa shape index (κ3) is 2.11. The first-order valence-corrected chi connectivity index (χ1v) is 6.26. The van der Waals surface area contributed by atoms with Gasteiger partial charge in [0, 0.05) is 16.5 Å². The first-order valence-electron chi connectivity index (χ1n) is 5.38. The van der Waals surface area contributed by atoms with E-state index in [1.807, 2.05) is 6.07 Å². The second kappa shape index (κ2) is 4.59. The highest BCUT2D eigenvalue weighted by atomic mass is 32.1. The molecular weight excluding hydrogens is 246 g/mol. The first-order chi connectivity index (χ1) is 8.85. The number of aromatic nitrogens is 2. The van der Waals surface area contributed by atoms with E-state index in [0.717, 1.165) is 5.69 Å². The van der Waals surface area contributed by atoms with Gasteiger partial charge in [-0.1, -0.05) is 0 Å². The standard InChI is InChI=1S/C12H11N5S/c13-17-12-6-11(14-7-15-12)16-9-1-2-10-8(5-9)3-4-18-10/h1-7H,13H2,(H2,14,15,16,17). The summed E-state index contributed by atoms with van der Waals surface area (Å²) in [6, 6.07) is 10.0. The summed E-state index contributed by atoms with van der Waals surface area (Å²) in [5.41, 5.74) is 3.48. The van der Waals surface area contributed by atoms with Crippen LogP contribution in [0, 0.1) is 0 Å². The van der Waals surface area contributed by atoms with Gasteiger partial charge in [-0.25, -0.2) is 15.8 Å². The number of nitrogen functional groups attached to an aromatic ring is 1. The van der Waals surface area contributed by atoms with Crippen molar-refractivity contribution in [3.63, 3.8) is 0 Å². The topological polar surface area (TPSA) is 75.9 Å². The number of nitrogens with one attached hydrogen (secondary N) is 2. The summed E-state index contributed by atoms with van der Waals surface area (Å²) in [5, 5.41) is 6.52. The second-order valence-electron chi connectivity index (χ2n) is 3.73. The summed E-state index contributed by atoms with van der Waals surface area (Å²) in [4.78, 5) is 8.09. The summed E-state index contributed by atoms with van der Waals surface area (Å²) in [6.45, 7) is 0. The van der Waals surface area contributed by atoms with Crippen LogP contribution < -0.4 is 16.6 Å². The number of thiophene rings is 1. The summed E-state index contributed by atoms with van der Waals surface area (Å²) >= 11 is 1.73. The highest BCUT2D eigenvalue weighted by Crippen LogP contribution is 2.25. The van der Waals surface area contributed by atoms with E-state index in [9.17, 15) is 0 Å². The molecule has 0 unspecified atom stereocenters. The Hall–Kier alpha value is -2.18. The zero-order valence-corrected chi connectivity index (χ0v) is 10.2. The summed E-state index contributed by atoms with van der Waals surface area (Å²) in [5.74, 6) is 6.58. The molecule has 90 valence electrons. The molecule has 2 heterocycles. The Kier molecular flexibility index (Phi) is 2.79. The van der Waals surface area contributed by atoms with E-state index in [0.29, 0.717) is 11.6 Å². The maximum Gasteiger partial charge on any atom is 0.145 e. The molecule has 0 saturated carbocycles. The molecule has 1 aromatic carbocycles. The van der Waals surface area contributed by atoms with Gasteiger partial charge in [-0.3, -0.25) is 0 Å². The minimum absolute atomic E-state index is 0.573. The Labute approximate surface area is 108 Å². The van der Waals surface area contributed by atoms with E-state index < -0.39 is 0 Å². The van der Waals surface area contributed by atoms with Crippen LogP contribution in [0.4, 0.5) is 17.3 Å². The number of rotatable bonds is 3. The van der Waals surface area contributed by atoms with Crippen LogP contribution in [0.2, 0.25) is 0 Å². The Morgan fingerprint density at radius 1 is 1.06 bits per heavy atom. The maximum atomic E-state index is 5.31. The van der Waals surface area contributed by atoms with E-state index >= 15 is 0 Å². The van der Waals surface area contributed by atoms with E-state index in [1.54, 1.807) is 17.4 Å². The summed E-state index contributed by atoms with van der Waals surface area (Å²) < 4.78 is 1.27. The van der Waals surface area contributed by atoms with E-state index in [-0.39, 0.29) is 0 Å². The van der Waals surface area contributed by atoms with Gasteiger partial charge >= 0.3 is 0 Å². The average molecular weight is 257 g/mol. The third-order valence-electron chi connectivity index (χ3n) is 2.54. The predicted octanol–water partition coefficient (Wildman–Crippen LogP) is 2.72. The lowest BCUT2D eigenvalue weighted by Crippen LogP contribution is -2.09. The highest BCUT2D eigenvalue weighted by molar-refractivity contribution is 7.17. The zero-order valence-electron chi connectivity index (χ0n) is 9.42. The molecule has 5 nitrogen and oxygen atoms in total. The Balaban J connectivity index is 1.90. The monoisotopic (exact) mass is 257 g/mol. The van der Waals surface area contributed by atoms with Gasteiger partial charge in [0.1, 0.15) is 18.0 Å². The molecule has 3 rings (SSSR count). The van der Waals surface area contributed by atoms with Crippen LogP contribution in [0.25, 0.3) is 10.1 Å².